The fourth-order valence-corrected chi connectivity index (χ4v) is 2.97. The molecule has 0 N–H and O–H groups in total. The van der Waals surface area contributed by atoms with Gasteiger partial charge in [-0.05, 0) is 34.7 Å². The Morgan fingerprint density at radius 1 is 1.50 bits per heavy atom. The van der Waals surface area contributed by atoms with E-state index >= 15 is 0 Å². The van der Waals surface area contributed by atoms with Crippen LogP contribution in [0.1, 0.15) is 49.1 Å². The van der Waals surface area contributed by atoms with E-state index in [-0.39, 0.29) is 0 Å². The zero-order valence-electron chi connectivity index (χ0n) is 7.30. The van der Waals surface area contributed by atoms with Crippen molar-refractivity contribution in [2.24, 2.45) is 0 Å². The second-order valence-electron chi connectivity index (χ2n) is 3.65. The topological polar surface area (TPSA) is 12.9 Å². The molecule has 0 radical (unpaired) electrons. The maximum Gasteiger partial charge on any atom is 0.159 e. The van der Waals surface area contributed by atoms with Gasteiger partial charge >= 0.3 is 0 Å². The van der Waals surface area contributed by atoms with Crippen molar-refractivity contribution in [2.75, 3.05) is 0 Å². The molecule has 0 spiro atoms. The summed E-state index contributed by atoms with van der Waals surface area (Å²) in [5.74, 6) is 1.41. The van der Waals surface area contributed by atoms with E-state index in [1.54, 1.807) is 11.3 Å². The first-order chi connectivity index (χ1) is 5.68. The number of nitrogens with zero attached hydrogens (tertiary/aromatic N) is 1. The molecule has 0 aliphatic heterocycles. The number of rotatable bonds is 2. The van der Waals surface area contributed by atoms with Gasteiger partial charge in [0.05, 0.1) is 5.69 Å². The van der Waals surface area contributed by atoms with Crippen LogP contribution in [0.3, 0.4) is 0 Å². The second-order valence-corrected chi connectivity index (χ2v) is 5.95. The van der Waals surface area contributed by atoms with Crippen molar-refractivity contribution >= 4 is 27.3 Å². The number of hydrogen-bond acceptors (Lipinski definition) is 2. The zero-order valence-corrected chi connectivity index (χ0v) is 9.70. The first-order valence-electron chi connectivity index (χ1n) is 4.34. The van der Waals surface area contributed by atoms with Gasteiger partial charge in [-0.15, -0.1) is 11.3 Å². The van der Waals surface area contributed by atoms with Crippen LogP contribution in [-0.2, 0) is 0 Å². The molecule has 1 saturated carbocycles. The lowest BCUT2D eigenvalue weighted by atomic mass is 10.1. The van der Waals surface area contributed by atoms with Crippen LogP contribution >= 0.6 is 27.3 Å². The van der Waals surface area contributed by atoms with Crippen molar-refractivity contribution in [3.8, 4) is 0 Å². The van der Waals surface area contributed by atoms with Crippen molar-refractivity contribution in [1.29, 1.82) is 0 Å². The highest BCUT2D eigenvalue weighted by Crippen LogP contribution is 2.45. The molecule has 1 aromatic heterocycles. The maximum atomic E-state index is 4.53. The van der Waals surface area contributed by atoms with Crippen molar-refractivity contribution in [1.82, 2.24) is 4.98 Å². The molecular formula is C9H12BrNS. The summed E-state index contributed by atoms with van der Waals surface area (Å²) in [5, 5.41) is 0. The van der Waals surface area contributed by atoms with Crippen LogP contribution in [0.15, 0.2) is 3.92 Å². The lowest BCUT2D eigenvalue weighted by Crippen LogP contribution is -1.89. The summed E-state index contributed by atoms with van der Waals surface area (Å²) < 4.78 is 1.05. The van der Waals surface area contributed by atoms with Gasteiger partial charge in [-0.3, -0.25) is 0 Å². The third kappa shape index (κ3) is 1.57. The monoisotopic (exact) mass is 245 g/mol. The van der Waals surface area contributed by atoms with Gasteiger partial charge in [0, 0.05) is 10.8 Å². The molecule has 12 heavy (non-hydrogen) atoms. The average Bonchev–Trinajstić information content (AvgIpc) is 2.75. The Morgan fingerprint density at radius 3 is 2.67 bits per heavy atom. The third-order valence-electron chi connectivity index (χ3n) is 2.14. The summed E-state index contributed by atoms with van der Waals surface area (Å²) in [4.78, 5) is 6.01. The number of thiazole rings is 1. The van der Waals surface area contributed by atoms with Crippen LogP contribution in [0, 0.1) is 0 Å². The van der Waals surface area contributed by atoms with Gasteiger partial charge in [0.25, 0.3) is 0 Å². The predicted octanol–water partition coefficient (Wildman–Crippen LogP) is 3.91. The highest BCUT2D eigenvalue weighted by Gasteiger charge is 2.29. The maximum absolute atomic E-state index is 4.53. The van der Waals surface area contributed by atoms with Gasteiger partial charge in [-0.25, -0.2) is 4.98 Å². The Hall–Kier alpha value is 0.110. The molecule has 1 aliphatic carbocycles. The summed E-state index contributed by atoms with van der Waals surface area (Å²) >= 11 is 5.25. The molecule has 1 heterocycles. The van der Waals surface area contributed by atoms with E-state index in [0.29, 0.717) is 5.92 Å². The highest BCUT2D eigenvalue weighted by atomic mass is 79.9. The number of halogens is 1. The fraction of sp³-hybridized carbons (Fsp3) is 0.667. The molecule has 0 bridgehead atoms. The Labute approximate surface area is 85.3 Å². The molecule has 0 amide bonds. The molecule has 1 aliphatic rings. The van der Waals surface area contributed by atoms with Crippen LogP contribution in [-0.4, -0.2) is 4.98 Å². The Morgan fingerprint density at radius 2 is 2.17 bits per heavy atom. The van der Waals surface area contributed by atoms with E-state index in [2.05, 4.69) is 34.8 Å². The third-order valence-corrected chi connectivity index (χ3v) is 3.97. The van der Waals surface area contributed by atoms with E-state index in [4.69, 9.17) is 0 Å². The Kier molecular flexibility index (Phi) is 2.25. The lowest BCUT2D eigenvalue weighted by molar-refractivity contribution is 0.852. The molecule has 1 aromatic rings. The summed E-state index contributed by atoms with van der Waals surface area (Å²) in [6.07, 6.45) is 2.69. The Bertz CT molecular complexity index is 269. The van der Waals surface area contributed by atoms with Crippen molar-refractivity contribution < 1.29 is 0 Å². The highest BCUT2D eigenvalue weighted by molar-refractivity contribution is 9.11. The van der Waals surface area contributed by atoms with E-state index in [1.165, 1.54) is 23.4 Å². The van der Waals surface area contributed by atoms with Gasteiger partial charge < -0.3 is 0 Å². The molecule has 0 unspecified atom stereocenters. The van der Waals surface area contributed by atoms with Gasteiger partial charge in [-0.1, -0.05) is 13.8 Å². The predicted molar refractivity (Wildman–Crippen MR) is 55.9 cm³/mol. The van der Waals surface area contributed by atoms with Crippen molar-refractivity contribution in [2.45, 2.75) is 38.5 Å². The zero-order chi connectivity index (χ0) is 8.72. The van der Waals surface area contributed by atoms with Crippen molar-refractivity contribution in [3.05, 3.63) is 14.5 Å². The molecule has 0 aromatic carbocycles. The van der Waals surface area contributed by atoms with Crippen molar-refractivity contribution in [3.63, 3.8) is 0 Å². The van der Waals surface area contributed by atoms with E-state index in [9.17, 15) is 0 Å². The summed E-state index contributed by atoms with van der Waals surface area (Å²) in [6, 6.07) is 0. The minimum atomic E-state index is 0.629. The molecular weight excluding hydrogens is 234 g/mol. The average molecular weight is 246 g/mol. The number of hydrogen-bond donors (Lipinski definition) is 0. The summed E-state index contributed by atoms with van der Waals surface area (Å²) in [7, 11) is 0. The Balaban J connectivity index is 2.36. The van der Waals surface area contributed by atoms with E-state index in [0.717, 1.165) is 9.83 Å². The van der Waals surface area contributed by atoms with E-state index < -0.39 is 0 Å². The molecule has 2 rings (SSSR count). The molecule has 1 nitrogen and oxygen atoms in total. The normalized spacial score (nSPS) is 17.3. The van der Waals surface area contributed by atoms with Crippen LogP contribution in [0.4, 0.5) is 0 Å². The first kappa shape index (κ1) is 8.70. The molecule has 0 saturated heterocycles. The minimum absolute atomic E-state index is 0.629. The quantitative estimate of drug-likeness (QED) is 0.771. The van der Waals surface area contributed by atoms with Gasteiger partial charge in [0.1, 0.15) is 0 Å². The van der Waals surface area contributed by atoms with Gasteiger partial charge in [-0.2, -0.15) is 0 Å². The van der Waals surface area contributed by atoms with Crippen LogP contribution in [0.2, 0.25) is 0 Å². The fourth-order valence-electron chi connectivity index (χ4n) is 1.38. The molecule has 1 fully saturated rings. The smallest absolute Gasteiger partial charge is 0.159 e. The number of aromatic nitrogens is 1. The standard InChI is InChI=1S/C9H12BrNS/c1-5(2)8-7(6-3-4-6)11-9(10)12-8/h5-6H,3-4H2,1-2H3. The van der Waals surface area contributed by atoms with Crippen LogP contribution in [0.5, 0.6) is 0 Å². The first-order valence-corrected chi connectivity index (χ1v) is 5.95. The summed E-state index contributed by atoms with van der Waals surface area (Å²) in [6.45, 7) is 4.48. The van der Waals surface area contributed by atoms with Crippen LogP contribution < -0.4 is 0 Å². The minimum Gasteiger partial charge on any atom is -0.234 e. The van der Waals surface area contributed by atoms with Gasteiger partial charge in [0.15, 0.2) is 3.92 Å². The van der Waals surface area contributed by atoms with Gasteiger partial charge in [0.2, 0.25) is 0 Å². The van der Waals surface area contributed by atoms with E-state index in [1.807, 2.05) is 0 Å². The largest absolute Gasteiger partial charge is 0.234 e. The molecule has 66 valence electrons. The van der Waals surface area contributed by atoms with Crippen LogP contribution in [0.25, 0.3) is 0 Å². The molecule has 0 atom stereocenters. The second kappa shape index (κ2) is 3.11. The molecule has 3 heteroatoms. The summed E-state index contributed by atoms with van der Waals surface area (Å²) in [5.41, 5.74) is 1.36. The SMILES string of the molecule is CC(C)c1sc(Br)nc1C1CC1. The lowest BCUT2D eigenvalue weighted by Gasteiger charge is -2.02.